The second kappa shape index (κ2) is 11.5. The van der Waals surface area contributed by atoms with Crippen molar-refractivity contribution < 1.29 is 18.7 Å². The lowest BCUT2D eigenvalue weighted by Crippen LogP contribution is -2.44. The third-order valence-corrected chi connectivity index (χ3v) is 7.61. The summed E-state index contributed by atoms with van der Waals surface area (Å²) in [6, 6.07) is 7.43. The van der Waals surface area contributed by atoms with Crippen LogP contribution in [-0.2, 0) is 28.9 Å². The predicted octanol–water partition coefficient (Wildman–Crippen LogP) is 4.70. The van der Waals surface area contributed by atoms with Gasteiger partial charge in [0, 0.05) is 57.2 Å². The maximum absolute atomic E-state index is 15.3. The van der Waals surface area contributed by atoms with Crippen LogP contribution in [0.3, 0.4) is 0 Å². The Morgan fingerprint density at radius 1 is 1.16 bits per heavy atom. The van der Waals surface area contributed by atoms with E-state index in [4.69, 9.17) is 37.7 Å². The van der Waals surface area contributed by atoms with Gasteiger partial charge in [0.2, 0.25) is 0 Å². The van der Waals surface area contributed by atoms with Crippen molar-refractivity contribution in [3.63, 3.8) is 0 Å². The number of hydrogen-bond acceptors (Lipinski definition) is 6. The highest BCUT2D eigenvalue weighted by molar-refractivity contribution is 6.31. The van der Waals surface area contributed by atoms with Gasteiger partial charge in [0.15, 0.2) is 17.5 Å². The molecule has 38 heavy (non-hydrogen) atoms. The van der Waals surface area contributed by atoms with E-state index in [1.807, 2.05) is 11.9 Å². The predicted molar refractivity (Wildman–Crippen MR) is 144 cm³/mol. The number of pyridine rings is 1. The van der Waals surface area contributed by atoms with Gasteiger partial charge in [-0.15, -0.1) is 0 Å². The van der Waals surface area contributed by atoms with Gasteiger partial charge in [0.1, 0.15) is 23.5 Å². The van der Waals surface area contributed by atoms with Crippen molar-refractivity contribution in [2.45, 2.75) is 38.3 Å². The van der Waals surface area contributed by atoms with Crippen LogP contribution in [0.1, 0.15) is 41.7 Å². The minimum absolute atomic E-state index is 0.158. The molecule has 0 saturated carbocycles. The first-order valence-electron chi connectivity index (χ1n) is 12.7. The molecule has 0 saturated heterocycles. The van der Waals surface area contributed by atoms with Crippen molar-refractivity contribution in [2.75, 3.05) is 45.4 Å². The van der Waals surface area contributed by atoms with Crippen LogP contribution >= 0.6 is 23.2 Å². The Balaban J connectivity index is 1.40. The Morgan fingerprint density at radius 2 is 2.00 bits per heavy atom. The number of halogens is 3. The van der Waals surface area contributed by atoms with Crippen molar-refractivity contribution in [1.82, 2.24) is 19.4 Å². The number of anilines is 1. The zero-order valence-electron chi connectivity index (χ0n) is 21.4. The molecule has 2 aromatic heterocycles. The third-order valence-electron chi connectivity index (χ3n) is 7.10. The number of imidazole rings is 1. The molecule has 11 heteroatoms. The molecule has 0 aliphatic carbocycles. The van der Waals surface area contributed by atoms with E-state index >= 15 is 4.39 Å². The highest BCUT2D eigenvalue weighted by Crippen LogP contribution is 2.39. The number of aryl methyl sites for hydroxylation is 1. The second-order valence-corrected chi connectivity index (χ2v) is 10.3. The fourth-order valence-corrected chi connectivity index (χ4v) is 5.52. The molecule has 3 aromatic rings. The van der Waals surface area contributed by atoms with Gasteiger partial charge in [-0.25, -0.2) is 14.4 Å². The molecule has 4 heterocycles. The molecule has 0 N–H and O–H groups in total. The smallest absolute Gasteiger partial charge is 0.261 e. The van der Waals surface area contributed by atoms with Crippen molar-refractivity contribution in [3.05, 3.63) is 69.1 Å². The number of fused-ring (bicyclic) bond motifs is 3. The summed E-state index contributed by atoms with van der Waals surface area (Å²) in [6.45, 7) is 2.14. The summed E-state index contributed by atoms with van der Waals surface area (Å²) in [6.07, 6.45) is 3.56. The van der Waals surface area contributed by atoms with Gasteiger partial charge in [-0.05, 0) is 37.1 Å². The molecule has 2 aliphatic heterocycles. The molecule has 202 valence electrons. The van der Waals surface area contributed by atoms with Crippen molar-refractivity contribution in [1.29, 1.82) is 0 Å². The molecule has 1 amide bonds. The average Bonchev–Trinajstić information content (AvgIpc) is 3.29. The first-order valence-corrected chi connectivity index (χ1v) is 13.4. The average molecular weight is 562 g/mol. The van der Waals surface area contributed by atoms with E-state index in [1.165, 1.54) is 6.07 Å². The normalized spacial score (nSPS) is 16.7. The number of carbonyl (C=O) groups is 1. The van der Waals surface area contributed by atoms with E-state index in [1.54, 1.807) is 36.3 Å². The van der Waals surface area contributed by atoms with Gasteiger partial charge in [-0.2, -0.15) is 0 Å². The SMILES string of the molecule is COCCN(C)c1ccc(OCC(=O)N2CCc3nc4n(c3C2c2ccc(Cl)cc2F)CCCC4)c(Cl)n1. The minimum atomic E-state index is -0.628. The minimum Gasteiger partial charge on any atom is -0.481 e. The van der Waals surface area contributed by atoms with Gasteiger partial charge in [-0.3, -0.25) is 4.79 Å². The van der Waals surface area contributed by atoms with E-state index in [9.17, 15) is 4.79 Å². The molecule has 0 radical (unpaired) electrons. The van der Waals surface area contributed by atoms with Crippen molar-refractivity contribution >= 4 is 34.9 Å². The summed E-state index contributed by atoms with van der Waals surface area (Å²) in [4.78, 5) is 26.4. The number of carbonyl (C=O) groups excluding carboxylic acids is 1. The molecule has 1 aromatic carbocycles. The van der Waals surface area contributed by atoms with Crippen LogP contribution in [0, 0.1) is 5.82 Å². The zero-order valence-corrected chi connectivity index (χ0v) is 22.9. The number of hydrogen-bond donors (Lipinski definition) is 0. The van der Waals surface area contributed by atoms with E-state index in [0.717, 1.165) is 43.0 Å². The molecule has 0 bridgehead atoms. The molecular weight excluding hydrogens is 532 g/mol. The molecule has 8 nitrogen and oxygen atoms in total. The molecule has 1 atom stereocenters. The highest BCUT2D eigenvalue weighted by Gasteiger charge is 2.38. The number of aromatic nitrogens is 3. The fourth-order valence-electron chi connectivity index (χ4n) is 5.16. The van der Waals surface area contributed by atoms with Gasteiger partial charge in [0.25, 0.3) is 5.91 Å². The largest absolute Gasteiger partial charge is 0.481 e. The number of methoxy groups -OCH3 is 1. The Morgan fingerprint density at radius 3 is 2.76 bits per heavy atom. The summed E-state index contributed by atoms with van der Waals surface area (Å²) in [5, 5.41) is 0.461. The zero-order chi connectivity index (χ0) is 26.8. The lowest BCUT2D eigenvalue weighted by atomic mass is 9.94. The Labute approximate surface area is 231 Å². The Bertz CT molecular complexity index is 1330. The number of benzene rings is 1. The fraction of sp³-hybridized carbons (Fsp3) is 0.444. The Kier molecular flexibility index (Phi) is 8.07. The number of rotatable bonds is 8. The summed E-state index contributed by atoms with van der Waals surface area (Å²) in [7, 11) is 3.52. The second-order valence-electron chi connectivity index (χ2n) is 9.54. The Hall–Kier alpha value is -2.88. The number of ether oxygens (including phenoxy) is 2. The topological polar surface area (TPSA) is 72.7 Å². The van der Waals surface area contributed by atoms with Gasteiger partial charge in [0.05, 0.1) is 18.0 Å². The van der Waals surface area contributed by atoms with Crippen LogP contribution in [0.2, 0.25) is 10.2 Å². The van der Waals surface area contributed by atoms with Crippen LogP contribution in [0.25, 0.3) is 0 Å². The van der Waals surface area contributed by atoms with Crippen LogP contribution in [0.5, 0.6) is 5.75 Å². The third kappa shape index (κ3) is 5.32. The number of nitrogens with zero attached hydrogens (tertiary/aromatic N) is 5. The summed E-state index contributed by atoms with van der Waals surface area (Å²) in [5.74, 6) is 1.23. The molecule has 0 fully saturated rings. The molecule has 2 aliphatic rings. The first-order chi connectivity index (χ1) is 18.4. The summed E-state index contributed by atoms with van der Waals surface area (Å²) >= 11 is 12.4. The first kappa shape index (κ1) is 26.7. The highest BCUT2D eigenvalue weighted by atomic mass is 35.5. The molecule has 0 spiro atoms. The molecular formula is C27H30Cl2FN5O3. The molecule has 1 unspecified atom stereocenters. The van der Waals surface area contributed by atoms with Crippen LogP contribution in [-0.4, -0.2) is 65.8 Å². The number of amides is 1. The van der Waals surface area contributed by atoms with Crippen LogP contribution in [0.15, 0.2) is 30.3 Å². The quantitative estimate of drug-likeness (QED) is 0.371. The monoisotopic (exact) mass is 561 g/mol. The maximum atomic E-state index is 15.3. The van der Waals surface area contributed by atoms with E-state index in [0.29, 0.717) is 48.3 Å². The maximum Gasteiger partial charge on any atom is 0.261 e. The van der Waals surface area contributed by atoms with Crippen LogP contribution < -0.4 is 9.64 Å². The van der Waals surface area contributed by atoms with Crippen molar-refractivity contribution in [2.24, 2.45) is 0 Å². The van der Waals surface area contributed by atoms with Crippen molar-refractivity contribution in [3.8, 4) is 5.75 Å². The van der Waals surface area contributed by atoms with Gasteiger partial charge >= 0.3 is 0 Å². The summed E-state index contributed by atoms with van der Waals surface area (Å²) in [5.41, 5.74) is 2.19. The van der Waals surface area contributed by atoms with Gasteiger partial charge < -0.3 is 23.8 Å². The lowest BCUT2D eigenvalue weighted by molar-refractivity contribution is -0.135. The standard InChI is InChI=1S/C27H30Cl2FN5O3/c1-33(13-14-37-2)22-9-8-21(27(29)32-22)38-16-24(36)35-12-10-20-26(34-11-4-3-5-23(34)31-20)25(35)18-7-6-17(28)15-19(18)30/h6-9,15,25H,3-5,10-14,16H2,1-2H3. The van der Waals surface area contributed by atoms with E-state index < -0.39 is 11.9 Å². The van der Waals surface area contributed by atoms with Crippen LogP contribution in [0.4, 0.5) is 10.2 Å². The van der Waals surface area contributed by atoms with E-state index in [2.05, 4.69) is 9.55 Å². The number of likely N-dealkylation sites (N-methyl/N-ethyl adjacent to an activating group) is 1. The van der Waals surface area contributed by atoms with E-state index in [-0.39, 0.29) is 17.7 Å². The lowest BCUT2D eigenvalue weighted by Gasteiger charge is -2.37. The van der Waals surface area contributed by atoms with Gasteiger partial charge in [-0.1, -0.05) is 29.3 Å². The summed E-state index contributed by atoms with van der Waals surface area (Å²) < 4.78 is 28.4. The molecule has 5 rings (SSSR count).